The number of aliphatic hydroxyl groups is 1. The molecule has 70 valence electrons. The number of hydrogen-bond donors (Lipinski definition) is 2. The van der Waals surface area contributed by atoms with E-state index in [1.54, 1.807) is 18.7 Å². The van der Waals surface area contributed by atoms with Crippen molar-refractivity contribution in [2.24, 2.45) is 5.73 Å². The van der Waals surface area contributed by atoms with E-state index in [-0.39, 0.29) is 17.4 Å². The maximum Gasteiger partial charge on any atom is 0.0935 e. The second-order valence-electron chi connectivity index (χ2n) is 2.84. The van der Waals surface area contributed by atoms with Gasteiger partial charge in [0.1, 0.15) is 0 Å². The molecule has 3 N–H and O–H groups in total. The predicted octanol–water partition coefficient (Wildman–Crippen LogP) is 0.730. The van der Waals surface area contributed by atoms with Gasteiger partial charge in [-0.15, -0.1) is 0 Å². The molecule has 0 bridgehead atoms. The van der Waals surface area contributed by atoms with Crippen LogP contribution < -0.4 is 5.73 Å². The molecule has 3 nitrogen and oxygen atoms in total. The molecule has 0 aliphatic heterocycles. The van der Waals surface area contributed by atoms with Gasteiger partial charge in [-0.05, 0) is 19.1 Å². The van der Waals surface area contributed by atoms with Crippen molar-refractivity contribution >= 4 is 11.8 Å². The van der Waals surface area contributed by atoms with Crippen LogP contribution in [0.5, 0.6) is 0 Å². The zero-order chi connectivity index (χ0) is 9.56. The second-order valence-corrected chi connectivity index (χ2v) is 4.33. The highest BCUT2D eigenvalue weighted by atomic mass is 32.2. The van der Waals surface area contributed by atoms with Crippen molar-refractivity contribution in [3.8, 4) is 6.07 Å². The molecule has 0 radical (unpaired) electrons. The van der Waals surface area contributed by atoms with Crippen LogP contribution in [0.1, 0.15) is 20.3 Å². The van der Waals surface area contributed by atoms with Gasteiger partial charge in [0, 0.05) is 5.25 Å². The smallest absolute Gasteiger partial charge is 0.0935 e. The maximum atomic E-state index is 9.13. The highest BCUT2D eigenvalue weighted by Crippen LogP contribution is 2.15. The number of thioether (sulfide) groups is 1. The summed E-state index contributed by atoms with van der Waals surface area (Å²) < 4.78 is 0. The number of rotatable bonds is 5. The summed E-state index contributed by atoms with van der Waals surface area (Å²) in [7, 11) is 0. The van der Waals surface area contributed by atoms with Crippen LogP contribution in [-0.2, 0) is 0 Å². The lowest BCUT2D eigenvalue weighted by molar-refractivity contribution is 0.196. The summed E-state index contributed by atoms with van der Waals surface area (Å²) in [5.41, 5.74) is 5.40. The third-order valence-electron chi connectivity index (χ3n) is 1.65. The molecule has 0 aromatic heterocycles. The van der Waals surface area contributed by atoms with Gasteiger partial charge < -0.3 is 10.8 Å². The van der Waals surface area contributed by atoms with Crippen LogP contribution in [0, 0.1) is 11.3 Å². The van der Waals surface area contributed by atoms with Crippen LogP contribution in [0.4, 0.5) is 0 Å². The topological polar surface area (TPSA) is 70.0 Å². The van der Waals surface area contributed by atoms with E-state index in [4.69, 9.17) is 16.1 Å². The van der Waals surface area contributed by atoms with E-state index >= 15 is 0 Å². The van der Waals surface area contributed by atoms with Gasteiger partial charge >= 0.3 is 0 Å². The fraction of sp³-hybridized carbons (Fsp3) is 0.875. The highest BCUT2D eigenvalue weighted by molar-refractivity contribution is 7.99. The van der Waals surface area contributed by atoms with E-state index < -0.39 is 0 Å². The number of nitriles is 1. The lowest BCUT2D eigenvalue weighted by atomic mass is 10.3. The molecular weight excluding hydrogens is 172 g/mol. The molecule has 0 aliphatic carbocycles. The van der Waals surface area contributed by atoms with Crippen molar-refractivity contribution in [1.82, 2.24) is 0 Å². The van der Waals surface area contributed by atoms with Crippen LogP contribution >= 0.6 is 11.8 Å². The Morgan fingerprint density at radius 2 is 2.17 bits per heavy atom. The van der Waals surface area contributed by atoms with Crippen LogP contribution in [0.2, 0.25) is 0 Å². The van der Waals surface area contributed by atoms with Gasteiger partial charge in [-0.2, -0.15) is 17.0 Å². The van der Waals surface area contributed by atoms with Gasteiger partial charge in [0.2, 0.25) is 0 Å². The van der Waals surface area contributed by atoms with Crippen molar-refractivity contribution in [3.63, 3.8) is 0 Å². The number of aliphatic hydroxyl groups excluding tert-OH is 1. The van der Waals surface area contributed by atoms with Gasteiger partial charge in [0.05, 0.1) is 18.2 Å². The monoisotopic (exact) mass is 188 g/mol. The molecule has 0 aromatic rings. The van der Waals surface area contributed by atoms with E-state index in [0.29, 0.717) is 6.42 Å². The fourth-order valence-electron chi connectivity index (χ4n) is 0.585. The number of nitrogens with two attached hydrogens (primary N) is 1. The Kier molecular flexibility index (Phi) is 6.17. The third-order valence-corrected chi connectivity index (χ3v) is 3.05. The predicted molar refractivity (Wildman–Crippen MR) is 51.8 cm³/mol. The third kappa shape index (κ3) is 5.42. The summed E-state index contributed by atoms with van der Waals surface area (Å²) >= 11 is 1.65. The van der Waals surface area contributed by atoms with Crippen LogP contribution in [0.25, 0.3) is 0 Å². The Labute approximate surface area is 77.9 Å². The minimum absolute atomic E-state index is 0.218. The summed E-state index contributed by atoms with van der Waals surface area (Å²) in [4.78, 5) is 0. The largest absolute Gasteiger partial charge is 0.392 e. The van der Waals surface area contributed by atoms with Crippen LogP contribution in [0.15, 0.2) is 0 Å². The Morgan fingerprint density at radius 1 is 1.58 bits per heavy atom. The van der Waals surface area contributed by atoms with Crippen molar-refractivity contribution in [2.45, 2.75) is 37.7 Å². The highest BCUT2D eigenvalue weighted by Gasteiger charge is 2.09. The van der Waals surface area contributed by atoms with Gasteiger partial charge in [-0.25, -0.2) is 0 Å². The molecule has 0 aliphatic rings. The quantitative estimate of drug-likeness (QED) is 0.667. The molecule has 0 saturated heterocycles. The molecule has 4 heteroatoms. The average molecular weight is 188 g/mol. The molecule has 0 rings (SSSR count). The van der Waals surface area contributed by atoms with E-state index in [9.17, 15) is 0 Å². The average Bonchev–Trinajstić information content (AvgIpc) is 2.03. The molecule has 0 heterocycles. The van der Waals surface area contributed by atoms with Crippen LogP contribution in [0.3, 0.4) is 0 Å². The molecule has 0 spiro atoms. The minimum Gasteiger partial charge on any atom is -0.392 e. The first-order chi connectivity index (χ1) is 5.57. The first-order valence-corrected chi connectivity index (χ1v) is 5.07. The van der Waals surface area contributed by atoms with Gasteiger partial charge in [-0.1, -0.05) is 6.92 Å². The maximum absolute atomic E-state index is 9.13. The molecule has 0 fully saturated rings. The summed E-state index contributed by atoms with van der Waals surface area (Å²) in [6, 6.07) is 1.61. The molecular formula is C8H16N2OS. The summed E-state index contributed by atoms with van der Waals surface area (Å²) in [5.74, 6) is 0.834. The lowest BCUT2D eigenvalue weighted by Crippen LogP contribution is -2.20. The van der Waals surface area contributed by atoms with Crippen LogP contribution in [-0.4, -0.2) is 28.3 Å². The molecule has 3 atom stereocenters. The Bertz CT molecular complexity index is 156. The zero-order valence-corrected chi connectivity index (χ0v) is 8.34. The SMILES string of the molecule is CC(O)C(C)SCCC(N)C#N. The second kappa shape index (κ2) is 6.30. The molecule has 12 heavy (non-hydrogen) atoms. The fourth-order valence-corrected chi connectivity index (χ4v) is 1.63. The van der Waals surface area contributed by atoms with E-state index in [0.717, 1.165) is 5.75 Å². The molecule has 0 aromatic carbocycles. The molecule has 3 unspecified atom stereocenters. The van der Waals surface area contributed by atoms with Gasteiger partial charge in [0.25, 0.3) is 0 Å². The van der Waals surface area contributed by atoms with Gasteiger partial charge in [-0.3, -0.25) is 0 Å². The van der Waals surface area contributed by atoms with E-state index in [2.05, 4.69) is 0 Å². The number of nitrogens with zero attached hydrogens (tertiary/aromatic N) is 1. The summed E-state index contributed by atoms with van der Waals surface area (Å²) in [5, 5.41) is 17.7. The van der Waals surface area contributed by atoms with Crippen molar-refractivity contribution in [1.29, 1.82) is 5.26 Å². The Hall–Kier alpha value is -0.240. The lowest BCUT2D eigenvalue weighted by Gasteiger charge is -2.13. The Balaban J connectivity index is 3.38. The van der Waals surface area contributed by atoms with E-state index in [1.165, 1.54) is 0 Å². The normalized spacial score (nSPS) is 17.9. The Morgan fingerprint density at radius 3 is 2.58 bits per heavy atom. The first kappa shape index (κ1) is 11.8. The van der Waals surface area contributed by atoms with Crippen molar-refractivity contribution < 1.29 is 5.11 Å². The van der Waals surface area contributed by atoms with E-state index in [1.807, 2.05) is 13.0 Å². The summed E-state index contributed by atoms with van der Waals surface area (Å²) in [6.45, 7) is 3.73. The van der Waals surface area contributed by atoms with Crippen molar-refractivity contribution in [3.05, 3.63) is 0 Å². The first-order valence-electron chi connectivity index (χ1n) is 4.02. The molecule has 0 amide bonds. The summed E-state index contributed by atoms with van der Waals surface area (Å²) in [6.07, 6.45) is 0.395. The minimum atomic E-state index is -0.362. The number of hydrogen-bond acceptors (Lipinski definition) is 4. The van der Waals surface area contributed by atoms with Gasteiger partial charge in [0.15, 0.2) is 0 Å². The van der Waals surface area contributed by atoms with Crippen molar-refractivity contribution in [2.75, 3.05) is 5.75 Å². The molecule has 0 saturated carbocycles. The standard InChI is InChI=1S/C8H16N2OS/c1-6(11)7(2)12-4-3-8(10)5-9/h6-8,11H,3-4,10H2,1-2H3. The zero-order valence-electron chi connectivity index (χ0n) is 7.53.